The van der Waals surface area contributed by atoms with Crippen molar-refractivity contribution in [2.45, 2.75) is 36.7 Å². The summed E-state index contributed by atoms with van der Waals surface area (Å²) >= 11 is 0. The van der Waals surface area contributed by atoms with Crippen LogP contribution in [0.3, 0.4) is 0 Å². The van der Waals surface area contributed by atoms with Crippen molar-refractivity contribution in [2.75, 3.05) is 26.2 Å². The predicted octanol–water partition coefficient (Wildman–Crippen LogP) is 2.25. The molecule has 0 N–H and O–H groups in total. The van der Waals surface area contributed by atoms with Crippen LogP contribution < -0.4 is 0 Å². The molecule has 6 nitrogen and oxygen atoms in total. The number of aromatic nitrogens is 2. The van der Waals surface area contributed by atoms with E-state index in [0.717, 1.165) is 37.8 Å². The van der Waals surface area contributed by atoms with Gasteiger partial charge in [0.25, 0.3) is 0 Å². The van der Waals surface area contributed by atoms with Crippen LogP contribution in [0.15, 0.2) is 41.4 Å². The van der Waals surface area contributed by atoms with Crippen LogP contribution in [0.25, 0.3) is 0 Å². The van der Waals surface area contributed by atoms with Crippen molar-refractivity contribution in [1.29, 1.82) is 0 Å². The van der Waals surface area contributed by atoms with E-state index in [2.05, 4.69) is 10.00 Å². The SMILES string of the molecule is O=S(=O)(c1cccc(F)c1)N1Cc2ccnn2[C@H](CCN2CCCC2)C1. The number of sulfonamides is 1. The highest BCUT2D eigenvalue weighted by atomic mass is 32.2. The number of hydrogen-bond donors (Lipinski definition) is 0. The molecule has 0 bridgehead atoms. The van der Waals surface area contributed by atoms with Gasteiger partial charge in [0, 0.05) is 19.3 Å². The first-order chi connectivity index (χ1) is 12.5. The highest BCUT2D eigenvalue weighted by Gasteiger charge is 2.34. The fourth-order valence-corrected chi connectivity index (χ4v) is 5.35. The van der Waals surface area contributed by atoms with Crippen LogP contribution in [-0.4, -0.2) is 53.6 Å². The Hall–Kier alpha value is -1.77. The van der Waals surface area contributed by atoms with Crippen molar-refractivity contribution in [3.05, 3.63) is 48.0 Å². The van der Waals surface area contributed by atoms with Gasteiger partial charge in [0.2, 0.25) is 10.0 Å². The second kappa shape index (κ2) is 7.09. The molecule has 0 unspecified atom stereocenters. The Kier molecular flexibility index (Phi) is 4.81. The van der Waals surface area contributed by atoms with Crippen LogP contribution in [0, 0.1) is 5.82 Å². The van der Waals surface area contributed by atoms with Gasteiger partial charge >= 0.3 is 0 Å². The molecule has 1 atom stereocenters. The van der Waals surface area contributed by atoms with Crippen molar-refractivity contribution in [3.63, 3.8) is 0 Å². The van der Waals surface area contributed by atoms with Gasteiger partial charge in [-0.05, 0) is 56.6 Å². The maximum Gasteiger partial charge on any atom is 0.243 e. The summed E-state index contributed by atoms with van der Waals surface area (Å²) in [5.74, 6) is -0.543. The Morgan fingerprint density at radius 2 is 2.00 bits per heavy atom. The molecule has 0 spiro atoms. The van der Waals surface area contributed by atoms with Crippen LogP contribution in [0.2, 0.25) is 0 Å². The molecule has 0 saturated carbocycles. The summed E-state index contributed by atoms with van der Waals surface area (Å²) in [5, 5.41) is 4.40. The Morgan fingerprint density at radius 1 is 1.19 bits per heavy atom. The fourth-order valence-electron chi connectivity index (χ4n) is 3.86. The van der Waals surface area contributed by atoms with Gasteiger partial charge in [-0.15, -0.1) is 0 Å². The summed E-state index contributed by atoms with van der Waals surface area (Å²) in [7, 11) is -3.74. The van der Waals surface area contributed by atoms with Crippen LogP contribution in [0.4, 0.5) is 4.39 Å². The maximum atomic E-state index is 13.5. The van der Waals surface area contributed by atoms with Gasteiger partial charge < -0.3 is 4.90 Å². The molecule has 140 valence electrons. The molecule has 3 heterocycles. The number of halogens is 1. The molecule has 2 aliphatic heterocycles. The van der Waals surface area contributed by atoms with Crippen LogP contribution >= 0.6 is 0 Å². The summed E-state index contributed by atoms with van der Waals surface area (Å²) in [4.78, 5) is 2.42. The number of nitrogens with zero attached hydrogens (tertiary/aromatic N) is 4. The standard InChI is InChI=1S/C18H23FN4O2S/c19-15-4-3-5-18(12-15)26(24,25)22-13-16-6-8-20-23(16)17(14-22)7-11-21-9-1-2-10-21/h3-6,8,12,17H,1-2,7,9-11,13-14H2/t17-/m1/s1. The van der Waals surface area contributed by atoms with Crippen LogP contribution in [-0.2, 0) is 16.6 Å². The summed E-state index contributed by atoms with van der Waals surface area (Å²) < 4.78 is 42.9. The Labute approximate surface area is 153 Å². The van der Waals surface area contributed by atoms with Crippen molar-refractivity contribution in [1.82, 2.24) is 19.0 Å². The third kappa shape index (κ3) is 3.41. The quantitative estimate of drug-likeness (QED) is 0.801. The van der Waals surface area contributed by atoms with E-state index < -0.39 is 15.8 Å². The van der Waals surface area contributed by atoms with Crippen molar-refractivity contribution in [2.24, 2.45) is 0 Å². The molecular weight excluding hydrogens is 355 g/mol. The highest BCUT2D eigenvalue weighted by molar-refractivity contribution is 7.89. The summed E-state index contributed by atoms with van der Waals surface area (Å²) in [6, 6.07) is 7.07. The fraction of sp³-hybridized carbons (Fsp3) is 0.500. The molecule has 8 heteroatoms. The monoisotopic (exact) mass is 378 g/mol. The normalized spacial score (nSPS) is 21.8. The highest BCUT2D eigenvalue weighted by Crippen LogP contribution is 2.28. The zero-order chi connectivity index (χ0) is 18.1. The number of hydrogen-bond acceptors (Lipinski definition) is 4. The zero-order valence-electron chi connectivity index (χ0n) is 14.6. The van der Waals surface area contributed by atoms with Crippen molar-refractivity contribution >= 4 is 10.0 Å². The van der Waals surface area contributed by atoms with E-state index in [9.17, 15) is 12.8 Å². The average molecular weight is 378 g/mol. The van der Waals surface area contributed by atoms with E-state index in [4.69, 9.17) is 0 Å². The van der Waals surface area contributed by atoms with Gasteiger partial charge in [0.1, 0.15) is 5.82 Å². The largest absolute Gasteiger partial charge is 0.303 e. The molecule has 26 heavy (non-hydrogen) atoms. The minimum absolute atomic E-state index is 0.00214. The lowest BCUT2D eigenvalue weighted by Gasteiger charge is -2.34. The molecule has 4 rings (SSSR count). The number of fused-ring (bicyclic) bond motifs is 1. The smallest absolute Gasteiger partial charge is 0.243 e. The molecule has 1 fully saturated rings. The van der Waals surface area contributed by atoms with Gasteiger partial charge in [0.15, 0.2) is 0 Å². The Bertz CT molecular complexity index is 877. The molecule has 1 saturated heterocycles. The first-order valence-corrected chi connectivity index (χ1v) is 10.5. The average Bonchev–Trinajstić information content (AvgIpc) is 3.31. The van der Waals surface area contributed by atoms with Gasteiger partial charge in [-0.3, -0.25) is 4.68 Å². The molecule has 1 aromatic carbocycles. The minimum Gasteiger partial charge on any atom is -0.303 e. The number of rotatable bonds is 5. The molecule has 0 amide bonds. The molecule has 2 aromatic rings. The molecule has 0 radical (unpaired) electrons. The summed E-state index contributed by atoms with van der Waals surface area (Å²) in [6.07, 6.45) is 5.04. The van der Waals surface area contributed by atoms with Crippen molar-refractivity contribution in [3.8, 4) is 0 Å². The number of likely N-dealkylation sites (tertiary alicyclic amines) is 1. The lowest BCUT2D eigenvalue weighted by Crippen LogP contribution is -2.42. The maximum absolute atomic E-state index is 13.5. The molecular formula is C18H23FN4O2S. The third-order valence-electron chi connectivity index (χ3n) is 5.26. The van der Waals surface area contributed by atoms with Crippen LogP contribution in [0.5, 0.6) is 0 Å². The van der Waals surface area contributed by atoms with E-state index in [1.165, 1.54) is 35.3 Å². The minimum atomic E-state index is -3.74. The first kappa shape index (κ1) is 17.6. The third-order valence-corrected chi connectivity index (χ3v) is 7.07. The van der Waals surface area contributed by atoms with E-state index in [0.29, 0.717) is 6.54 Å². The molecule has 2 aliphatic rings. The van der Waals surface area contributed by atoms with E-state index in [-0.39, 0.29) is 17.5 Å². The summed E-state index contributed by atoms with van der Waals surface area (Å²) in [6.45, 7) is 3.80. The predicted molar refractivity (Wildman–Crippen MR) is 95.6 cm³/mol. The second-order valence-electron chi connectivity index (χ2n) is 7.01. The van der Waals surface area contributed by atoms with E-state index >= 15 is 0 Å². The zero-order valence-corrected chi connectivity index (χ0v) is 15.4. The lowest BCUT2D eigenvalue weighted by atomic mass is 10.1. The first-order valence-electron chi connectivity index (χ1n) is 9.04. The van der Waals surface area contributed by atoms with E-state index in [1.54, 1.807) is 6.20 Å². The molecule has 0 aliphatic carbocycles. The van der Waals surface area contributed by atoms with E-state index in [1.807, 2.05) is 10.7 Å². The molecule has 1 aromatic heterocycles. The Morgan fingerprint density at radius 3 is 2.77 bits per heavy atom. The van der Waals surface area contributed by atoms with Gasteiger partial charge in [-0.2, -0.15) is 9.40 Å². The van der Waals surface area contributed by atoms with Crippen LogP contribution in [0.1, 0.15) is 31.0 Å². The Balaban J connectivity index is 1.56. The number of benzene rings is 1. The second-order valence-corrected chi connectivity index (χ2v) is 8.95. The van der Waals surface area contributed by atoms with Gasteiger partial charge in [-0.1, -0.05) is 6.07 Å². The summed E-state index contributed by atoms with van der Waals surface area (Å²) in [5.41, 5.74) is 0.877. The van der Waals surface area contributed by atoms with Crippen molar-refractivity contribution < 1.29 is 12.8 Å². The lowest BCUT2D eigenvalue weighted by molar-refractivity contribution is 0.226. The van der Waals surface area contributed by atoms with Gasteiger partial charge in [0.05, 0.1) is 23.2 Å². The topological polar surface area (TPSA) is 58.4 Å². The van der Waals surface area contributed by atoms with Gasteiger partial charge in [-0.25, -0.2) is 12.8 Å².